The molecule has 4 nitrogen and oxygen atoms in total. The first-order valence-electron chi connectivity index (χ1n) is 6.05. The number of hydrogen-bond acceptors (Lipinski definition) is 4. The fraction of sp³-hybridized carbons (Fsp3) is 0.538. The molecule has 1 heterocycles. The second-order valence-corrected chi connectivity index (χ2v) is 4.18. The lowest BCUT2D eigenvalue weighted by molar-refractivity contribution is 0.122. The molecule has 17 heavy (non-hydrogen) atoms. The summed E-state index contributed by atoms with van der Waals surface area (Å²) >= 11 is 0. The molecule has 0 aliphatic carbocycles. The van der Waals surface area contributed by atoms with Crippen molar-refractivity contribution in [1.29, 1.82) is 0 Å². The fourth-order valence-electron chi connectivity index (χ4n) is 2.15. The number of aryl methyl sites for hydroxylation is 1. The Morgan fingerprint density at radius 3 is 2.65 bits per heavy atom. The monoisotopic (exact) mass is 236 g/mol. The van der Waals surface area contributed by atoms with Gasteiger partial charge in [-0.15, -0.1) is 0 Å². The molecule has 0 amide bonds. The molecule has 0 saturated carbocycles. The molecule has 1 saturated heterocycles. The highest BCUT2D eigenvalue weighted by atomic mass is 16.5. The van der Waals surface area contributed by atoms with Gasteiger partial charge in [0.1, 0.15) is 5.75 Å². The zero-order chi connectivity index (χ0) is 12.3. The maximum Gasteiger partial charge on any atom is 0.144 e. The van der Waals surface area contributed by atoms with Crippen molar-refractivity contribution in [3.05, 3.63) is 17.7 Å². The summed E-state index contributed by atoms with van der Waals surface area (Å²) in [5.41, 5.74) is 9.09. The van der Waals surface area contributed by atoms with Crippen LogP contribution in [0.2, 0.25) is 0 Å². The first-order valence-corrected chi connectivity index (χ1v) is 6.05. The summed E-state index contributed by atoms with van der Waals surface area (Å²) < 4.78 is 10.8. The highest BCUT2D eigenvalue weighted by molar-refractivity contribution is 5.67. The fourth-order valence-corrected chi connectivity index (χ4v) is 2.15. The Bertz CT molecular complexity index is 387. The number of nitrogens with zero attached hydrogens (tertiary/aromatic N) is 1. The van der Waals surface area contributed by atoms with E-state index in [9.17, 15) is 0 Å². The summed E-state index contributed by atoms with van der Waals surface area (Å²) in [5, 5.41) is 0. The van der Waals surface area contributed by atoms with Crippen LogP contribution in [-0.4, -0.2) is 33.4 Å². The van der Waals surface area contributed by atoms with Crippen LogP contribution in [0.3, 0.4) is 0 Å². The lowest BCUT2D eigenvalue weighted by atomic mass is 10.1. The van der Waals surface area contributed by atoms with E-state index in [0.29, 0.717) is 0 Å². The molecule has 1 aliphatic heterocycles. The summed E-state index contributed by atoms with van der Waals surface area (Å²) in [6.45, 7) is 5.47. The van der Waals surface area contributed by atoms with Crippen molar-refractivity contribution in [3.8, 4) is 5.75 Å². The molecule has 1 aromatic rings. The van der Waals surface area contributed by atoms with Crippen LogP contribution in [0.25, 0.3) is 0 Å². The molecule has 4 heteroatoms. The SMILES string of the molecule is CCc1cc(N2CCOCC2)c(OC)cc1N. The Morgan fingerprint density at radius 1 is 1.35 bits per heavy atom. The molecule has 0 aromatic heterocycles. The number of methoxy groups -OCH3 is 1. The van der Waals surface area contributed by atoms with E-state index in [4.69, 9.17) is 15.2 Å². The van der Waals surface area contributed by atoms with Crippen LogP contribution in [-0.2, 0) is 11.2 Å². The van der Waals surface area contributed by atoms with Crippen molar-refractivity contribution < 1.29 is 9.47 Å². The Labute approximate surface area is 102 Å². The minimum absolute atomic E-state index is 0.773. The van der Waals surface area contributed by atoms with Gasteiger partial charge in [-0.05, 0) is 18.1 Å². The Balaban J connectivity index is 2.35. The smallest absolute Gasteiger partial charge is 0.144 e. The number of nitrogen functional groups attached to an aromatic ring is 1. The van der Waals surface area contributed by atoms with Gasteiger partial charge in [0.15, 0.2) is 0 Å². The highest BCUT2D eigenvalue weighted by Gasteiger charge is 2.17. The molecule has 0 atom stereocenters. The molecule has 0 unspecified atom stereocenters. The van der Waals surface area contributed by atoms with Crippen LogP contribution in [0.5, 0.6) is 5.75 Å². The van der Waals surface area contributed by atoms with E-state index in [2.05, 4.69) is 17.9 Å². The second kappa shape index (κ2) is 5.27. The third-order valence-corrected chi connectivity index (χ3v) is 3.17. The Morgan fingerprint density at radius 2 is 2.06 bits per heavy atom. The molecule has 2 N–H and O–H groups in total. The van der Waals surface area contributed by atoms with Crippen LogP contribution in [0.15, 0.2) is 12.1 Å². The van der Waals surface area contributed by atoms with E-state index in [1.165, 1.54) is 5.56 Å². The number of rotatable bonds is 3. The number of benzene rings is 1. The van der Waals surface area contributed by atoms with Gasteiger partial charge in [0.2, 0.25) is 0 Å². The number of anilines is 2. The van der Waals surface area contributed by atoms with Crippen molar-refractivity contribution in [2.45, 2.75) is 13.3 Å². The zero-order valence-corrected chi connectivity index (χ0v) is 10.5. The maximum absolute atomic E-state index is 5.98. The van der Waals surface area contributed by atoms with Crippen molar-refractivity contribution >= 4 is 11.4 Å². The van der Waals surface area contributed by atoms with Crippen LogP contribution in [0, 0.1) is 0 Å². The van der Waals surface area contributed by atoms with Crippen LogP contribution in [0.4, 0.5) is 11.4 Å². The average Bonchev–Trinajstić information content (AvgIpc) is 2.39. The molecule has 2 rings (SSSR count). The summed E-state index contributed by atoms with van der Waals surface area (Å²) in [6, 6.07) is 4.06. The number of hydrogen-bond donors (Lipinski definition) is 1. The highest BCUT2D eigenvalue weighted by Crippen LogP contribution is 2.33. The van der Waals surface area contributed by atoms with Gasteiger partial charge in [-0.25, -0.2) is 0 Å². The van der Waals surface area contributed by atoms with Gasteiger partial charge >= 0.3 is 0 Å². The topological polar surface area (TPSA) is 47.7 Å². The predicted octanol–water partition coefficient (Wildman–Crippen LogP) is 1.68. The minimum Gasteiger partial charge on any atom is -0.495 e. The van der Waals surface area contributed by atoms with E-state index in [0.717, 1.165) is 49.8 Å². The van der Waals surface area contributed by atoms with Gasteiger partial charge in [-0.1, -0.05) is 6.92 Å². The first-order chi connectivity index (χ1) is 8.26. The maximum atomic E-state index is 5.98. The molecular weight excluding hydrogens is 216 g/mol. The van der Waals surface area contributed by atoms with E-state index in [1.54, 1.807) is 7.11 Å². The van der Waals surface area contributed by atoms with E-state index in [1.807, 2.05) is 6.07 Å². The normalized spacial score (nSPS) is 16.0. The molecule has 1 aromatic carbocycles. The second-order valence-electron chi connectivity index (χ2n) is 4.18. The van der Waals surface area contributed by atoms with Crippen molar-refractivity contribution in [2.75, 3.05) is 44.0 Å². The summed E-state index contributed by atoms with van der Waals surface area (Å²) in [5.74, 6) is 0.849. The number of nitrogens with two attached hydrogens (primary N) is 1. The molecule has 0 spiro atoms. The summed E-state index contributed by atoms with van der Waals surface area (Å²) in [4.78, 5) is 2.29. The van der Waals surface area contributed by atoms with Crippen molar-refractivity contribution in [1.82, 2.24) is 0 Å². The zero-order valence-electron chi connectivity index (χ0n) is 10.5. The molecule has 0 radical (unpaired) electrons. The quantitative estimate of drug-likeness (QED) is 0.811. The summed E-state index contributed by atoms with van der Waals surface area (Å²) in [6.07, 6.45) is 0.938. The predicted molar refractivity (Wildman–Crippen MR) is 69.8 cm³/mol. The molecule has 1 fully saturated rings. The van der Waals surface area contributed by atoms with Gasteiger partial charge < -0.3 is 20.1 Å². The largest absolute Gasteiger partial charge is 0.495 e. The molecule has 94 valence electrons. The van der Waals surface area contributed by atoms with Crippen molar-refractivity contribution in [3.63, 3.8) is 0 Å². The Kier molecular flexibility index (Phi) is 3.74. The van der Waals surface area contributed by atoms with Crippen molar-refractivity contribution in [2.24, 2.45) is 0 Å². The Hall–Kier alpha value is -1.42. The molecule has 0 bridgehead atoms. The summed E-state index contributed by atoms with van der Waals surface area (Å²) in [7, 11) is 1.68. The lowest BCUT2D eigenvalue weighted by Crippen LogP contribution is -2.36. The first kappa shape index (κ1) is 12.0. The third-order valence-electron chi connectivity index (χ3n) is 3.17. The van der Waals surface area contributed by atoms with Gasteiger partial charge in [0.05, 0.1) is 26.0 Å². The molecular formula is C13H20N2O2. The molecule has 1 aliphatic rings. The van der Waals surface area contributed by atoms with Gasteiger partial charge in [-0.2, -0.15) is 0 Å². The number of ether oxygens (including phenoxy) is 2. The van der Waals surface area contributed by atoms with Crippen LogP contribution >= 0.6 is 0 Å². The average molecular weight is 236 g/mol. The van der Waals surface area contributed by atoms with Gasteiger partial charge in [0.25, 0.3) is 0 Å². The minimum atomic E-state index is 0.773. The van der Waals surface area contributed by atoms with E-state index >= 15 is 0 Å². The van der Waals surface area contributed by atoms with Gasteiger partial charge in [0, 0.05) is 24.8 Å². The van der Waals surface area contributed by atoms with Crippen LogP contribution in [0.1, 0.15) is 12.5 Å². The standard InChI is InChI=1S/C13H20N2O2/c1-3-10-8-12(13(16-2)9-11(10)14)15-4-6-17-7-5-15/h8-9H,3-7,14H2,1-2H3. The lowest BCUT2D eigenvalue weighted by Gasteiger charge is -2.30. The van der Waals surface area contributed by atoms with E-state index < -0.39 is 0 Å². The van der Waals surface area contributed by atoms with Gasteiger partial charge in [-0.3, -0.25) is 0 Å². The van der Waals surface area contributed by atoms with Crippen LogP contribution < -0.4 is 15.4 Å². The van der Waals surface area contributed by atoms with E-state index in [-0.39, 0.29) is 0 Å². The number of morpholine rings is 1. The third kappa shape index (κ3) is 2.47.